The van der Waals surface area contributed by atoms with Crippen LogP contribution >= 0.6 is 0 Å². The van der Waals surface area contributed by atoms with Gasteiger partial charge in [-0.05, 0) is 29.2 Å². The molecular weight excluding hydrogens is 392 g/mol. The second-order valence-electron chi connectivity index (χ2n) is 9.20. The zero-order valence-electron chi connectivity index (χ0n) is 19.1. The summed E-state index contributed by atoms with van der Waals surface area (Å²) >= 11 is 0. The van der Waals surface area contributed by atoms with Gasteiger partial charge in [0.15, 0.2) is 0 Å². The number of ether oxygens (including phenoxy) is 1. The lowest BCUT2D eigenvalue weighted by atomic mass is 9.80. The van der Waals surface area contributed by atoms with Gasteiger partial charge in [0.2, 0.25) is 0 Å². The maximum absolute atomic E-state index is 6.82. The van der Waals surface area contributed by atoms with E-state index >= 15 is 0 Å². The van der Waals surface area contributed by atoms with Gasteiger partial charge < -0.3 is 4.74 Å². The zero-order valence-corrected chi connectivity index (χ0v) is 20.1. The summed E-state index contributed by atoms with van der Waals surface area (Å²) < 4.78 is 6.82. The van der Waals surface area contributed by atoms with Gasteiger partial charge in [-0.2, -0.15) is 0 Å². The second-order valence-corrected chi connectivity index (χ2v) is 14.7. The molecule has 0 unspecified atom stereocenters. The summed E-state index contributed by atoms with van der Waals surface area (Å²) in [5, 5.41) is 0. The SMILES string of the molecule is C=C(/C=C\C[Si](C)(C)C)CCOC(c1ccccc1)(c1ccccc1)c1ccccc1. The normalized spacial score (nSPS) is 12.2. The Morgan fingerprint density at radius 2 is 1.19 bits per heavy atom. The molecule has 0 radical (unpaired) electrons. The summed E-state index contributed by atoms with van der Waals surface area (Å²) in [6, 6.07) is 32.7. The molecular formula is C29H34OSi. The summed E-state index contributed by atoms with van der Waals surface area (Å²) in [7, 11) is -1.08. The quantitative estimate of drug-likeness (QED) is 0.182. The van der Waals surface area contributed by atoms with Crippen molar-refractivity contribution in [1.29, 1.82) is 0 Å². The first-order valence-electron chi connectivity index (χ1n) is 11.1. The number of hydrogen-bond acceptors (Lipinski definition) is 1. The molecule has 160 valence electrons. The molecule has 3 aromatic carbocycles. The third-order valence-electron chi connectivity index (χ3n) is 5.37. The van der Waals surface area contributed by atoms with Crippen LogP contribution in [0.25, 0.3) is 0 Å². The molecule has 0 fully saturated rings. The first kappa shape index (κ1) is 23.0. The van der Waals surface area contributed by atoms with Gasteiger partial charge >= 0.3 is 0 Å². The Morgan fingerprint density at radius 3 is 1.58 bits per heavy atom. The third kappa shape index (κ3) is 6.16. The van der Waals surface area contributed by atoms with E-state index in [0.717, 1.165) is 28.7 Å². The summed E-state index contributed by atoms with van der Waals surface area (Å²) in [6.07, 6.45) is 5.26. The maximum Gasteiger partial charge on any atom is 0.143 e. The van der Waals surface area contributed by atoms with Crippen LogP contribution < -0.4 is 0 Å². The van der Waals surface area contributed by atoms with E-state index in [9.17, 15) is 0 Å². The molecule has 0 N–H and O–H groups in total. The third-order valence-corrected chi connectivity index (χ3v) is 6.83. The van der Waals surface area contributed by atoms with E-state index in [1.807, 2.05) is 0 Å². The summed E-state index contributed by atoms with van der Waals surface area (Å²) in [5.41, 5.74) is 3.85. The lowest BCUT2D eigenvalue weighted by molar-refractivity contribution is 0.0151. The van der Waals surface area contributed by atoms with E-state index in [1.165, 1.54) is 6.04 Å². The van der Waals surface area contributed by atoms with Crippen molar-refractivity contribution >= 4 is 8.07 Å². The molecule has 0 aliphatic carbocycles. The van der Waals surface area contributed by atoms with Crippen LogP contribution in [0.3, 0.4) is 0 Å². The average molecular weight is 427 g/mol. The molecule has 0 spiro atoms. The van der Waals surface area contributed by atoms with Crippen molar-refractivity contribution in [1.82, 2.24) is 0 Å². The molecule has 3 aromatic rings. The summed E-state index contributed by atoms with van der Waals surface area (Å²) in [5.74, 6) is 0. The van der Waals surface area contributed by atoms with E-state index in [-0.39, 0.29) is 0 Å². The van der Waals surface area contributed by atoms with Gasteiger partial charge in [0.05, 0.1) is 6.61 Å². The van der Waals surface area contributed by atoms with Crippen molar-refractivity contribution in [3.05, 3.63) is 132 Å². The van der Waals surface area contributed by atoms with E-state index < -0.39 is 13.7 Å². The van der Waals surface area contributed by atoms with Crippen molar-refractivity contribution in [2.75, 3.05) is 6.61 Å². The Bertz CT molecular complexity index is 873. The monoisotopic (exact) mass is 426 g/mol. The van der Waals surface area contributed by atoms with E-state index in [0.29, 0.717) is 6.61 Å². The molecule has 0 aliphatic rings. The van der Waals surface area contributed by atoms with Gasteiger partial charge in [-0.15, -0.1) is 0 Å². The van der Waals surface area contributed by atoms with E-state index in [4.69, 9.17) is 4.74 Å². The molecule has 0 aliphatic heterocycles. The van der Waals surface area contributed by atoms with Crippen molar-refractivity contribution < 1.29 is 4.74 Å². The Hall–Kier alpha value is -2.68. The average Bonchev–Trinajstić information content (AvgIpc) is 2.78. The topological polar surface area (TPSA) is 9.23 Å². The molecule has 3 rings (SSSR count). The smallest absolute Gasteiger partial charge is 0.143 e. The Morgan fingerprint density at radius 1 is 0.774 bits per heavy atom. The highest BCUT2D eigenvalue weighted by Gasteiger charge is 2.37. The number of benzene rings is 3. The lowest BCUT2D eigenvalue weighted by Crippen LogP contribution is -2.33. The van der Waals surface area contributed by atoms with Crippen LogP contribution in [-0.4, -0.2) is 14.7 Å². The van der Waals surface area contributed by atoms with Crippen molar-refractivity contribution in [3.8, 4) is 0 Å². The Kier molecular flexibility index (Phi) is 7.84. The molecule has 0 saturated heterocycles. The van der Waals surface area contributed by atoms with Gasteiger partial charge in [-0.1, -0.05) is 135 Å². The molecule has 0 saturated carbocycles. The Balaban J connectivity index is 1.91. The first-order chi connectivity index (χ1) is 14.9. The largest absolute Gasteiger partial charge is 0.360 e. The molecule has 0 bridgehead atoms. The van der Waals surface area contributed by atoms with Crippen LogP contribution in [-0.2, 0) is 10.3 Å². The van der Waals surface area contributed by atoms with Crippen LogP contribution in [0.1, 0.15) is 23.1 Å². The highest BCUT2D eigenvalue weighted by molar-refractivity contribution is 6.76. The molecule has 0 amide bonds. The van der Waals surface area contributed by atoms with Crippen LogP contribution in [0.5, 0.6) is 0 Å². The number of hydrogen-bond donors (Lipinski definition) is 0. The van der Waals surface area contributed by atoms with Gasteiger partial charge in [0.1, 0.15) is 5.60 Å². The number of rotatable bonds is 10. The minimum absolute atomic E-state index is 0.592. The molecule has 0 aromatic heterocycles. The van der Waals surface area contributed by atoms with Gasteiger partial charge in [-0.25, -0.2) is 0 Å². The fraction of sp³-hybridized carbons (Fsp3) is 0.241. The lowest BCUT2D eigenvalue weighted by Gasteiger charge is -2.36. The Labute approximate surface area is 189 Å². The number of allylic oxidation sites excluding steroid dienone is 2. The highest BCUT2D eigenvalue weighted by Crippen LogP contribution is 2.40. The predicted octanol–water partition coefficient (Wildman–Crippen LogP) is 7.84. The standard InChI is InChI=1S/C29H34OSi/c1-25(15-14-24-31(2,3)4)22-23-30-29(26-16-8-5-9-17-26,27-18-10-6-11-19-27)28-20-12-7-13-21-28/h5-21H,1,22-24H2,2-4H3/b15-14-. The van der Waals surface area contributed by atoms with Crippen LogP contribution in [0.2, 0.25) is 25.7 Å². The van der Waals surface area contributed by atoms with Crippen LogP contribution in [0.15, 0.2) is 115 Å². The molecule has 2 heteroatoms. The first-order valence-corrected chi connectivity index (χ1v) is 14.8. The van der Waals surface area contributed by atoms with Gasteiger partial charge in [0, 0.05) is 8.07 Å². The highest BCUT2D eigenvalue weighted by atomic mass is 28.3. The molecule has 0 heterocycles. The predicted molar refractivity (Wildman–Crippen MR) is 136 cm³/mol. The van der Waals surface area contributed by atoms with Gasteiger partial charge in [-0.3, -0.25) is 0 Å². The second kappa shape index (κ2) is 10.6. The fourth-order valence-corrected chi connectivity index (χ4v) is 4.59. The van der Waals surface area contributed by atoms with Gasteiger partial charge in [0.25, 0.3) is 0 Å². The molecule has 1 nitrogen and oxygen atoms in total. The minimum atomic E-state index is -1.08. The van der Waals surface area contributed by atoms with E-state index in [2.05, 4.69) is 129 Å². The van der Waals surface area contributed by atoms with E-state index in [1.54, 1.807) is 0 Å². The van der Waals surface area contributed by atoms with Crippen molar-refractivity contribution in [3.63, 3.8) is 0 Å². The minimum Gasteiger partial charge on any atom is -0.360 e. The maximum atomic E-state index is 6.82. The fourth-order valence-electron chi connectivity index (χ4n) is 3.77. The molecule has 0 atom stereocenters. The summed E-state index contributed by atoms with van der Waals surface area (Å²) in [4.78, 5) is 0. The molecule has 31 heavy (non-hydrogen) atoms. The summed E-state index contributed by atoms with van der Waals surface area (Å²) in [6.45, 7) is 12.0. The van der Waals surface area contributed by atoms with Crippen molar-refractivity contribution in [2.24, 2.45) is 0 Å². The van der Waals surface area contributed by atoms with Crippen LogP contribution in [0.4, 0.5) is 0 Å². The van der Waals surface area contributed by atoms with Crippen molar-refractivity contribution in [2.45, 2.75) is 37.7 Å². The van der Waals surface area contributed by atoms with Crippen LogP contribution in [0, 0.1) is 0 Å². The zero-order chi connectivity index (χ0) is 22.2.